The molecule has 0 aliphatic heterocycles. The van der Waals surface area contributed by atoms with Crippen molar-refractivity contribution < 1.29 is 14.3 Å². The molecule has 1 aromatic carbocycles. The monoisotopic (exact) mass is 339 g/mol. The first-order valence-electron chi connectivity index (χ1n) is 5.96. The Kier molecular flexibility index (Phi) is 7.62. The van der Waals surface area contributed by atoms with Gasteiger partial charge in [-0.15, -0.1) is 0 Å². The van der Waals surface area contributed by atoms with Gasteiger partial charge in [-0.05, 0) is 5.56 Å². The van der Waals surface area contributed by atoms with E-state index in [0.29, 0.717) is 6.61 Å². The van der Waals surface area contributed by atoms with Crippen molar-refractivity contribution >= 4 is 40.8 Å². The fraction of sp³-hybridized carbons (Fsp3) is 0.462. The third-order valence-corrected chi connectivity index (χ3v) is 2.60. The van der Waals surface area contributed by atoms with Crippen molar-refractivity contribution in [2.24, 2.45) is 5.73 Å². The molecule has 0 heterocycles. The Bertz CT molecular complexity index is 409. The average Bonchev–Trinajstić information content (AvgIpc) is 2.37. The molecule has 1 atom stereocenters. The summed E-state index contributed by atoms with van der Waals surface area (Å²) < 4.78 is 8.58. The van der Waals surface area contributed by atoms with Crippen molar-refractivity contribution in [3.05, 3.63) is 35.9 Å². The number of hydrogen-bond acceptors (Lipinski definition) is 4. The smallest absolute Gasteiger partial charge is 0.307 e. The van der Waals surface area contributed by atoms with E-state index in [9.17, 15) is 4.79 Å². The van der Waals surface area contributed by atoms with Crippen LogP contribution in [-0.4, -0.2) is 29.0 Å². The molecule has 1 rings (SSSR count). The summed E-state index contributed by atoms with van der Waals surface area (Å²) in [4.78, 5) is 11.4. The predicted octanol–water partition coefficient (Wildman–Crippen LogP) is 2.83. The fourth-order valence-electron chi connectivity index (χ4n) is 1.40. The molecule has 0 bridgehead atoms. The third-order valence-electron chi connectivity index (χ3n) is 2.27. The Morgan fingerprint density at radius 1 is 1.25 bits per heavy atom. The van der Waals surface area contributed by atoms with Crippen LogP contribution < -0.4 is 5.73 Å². The van der Waals surface area contributed by atoms with Crippen molar-refractivity contribution in [1.82, 2.24) is 0 Å². The Morgan fingerprint density at radius 3 is 2.50 bits per heavy atom. The van der Waals surface area contributed by atoms with E-state index < -0.39 is 15.8 Å². The summed E-state index contributed by atoms with van der Waals surface area (Å²) in [6, 6.07) is 9.21. The molecule has 0 fully saturated rings. The molecule has 7 heteroatoms. The molecule has 0 radical (unpaired) electrons. The minimum atomic E-state index is -1.61. The van der Waals surface area contributed by atoms with Crippen LogP contribution in [0.5, 0.6) is 0 Å². The number of hydrogen-bond donors (Lipinski definition) is 1. The normalized spacial score (nSPS) is 13.0. The lowest BCUT2D eigenvalue weighted by Crippen LogP contribution is -2.30. The number of rotatable bonds is 7. The van der Waals surface area contributed by atoms with E-state index >= 15 is 0 Å². The van der Waals surface area contributed by atoms with Gasteiger partial charge in [0.15, 0.2) is 0 Å². The minimum absolute atomic E-state index is 0.00946. The molecule has 20 heavy (non-hydrogen) atoms. The quantitative estimate of drug-likeness (QED) is 0.612. The van der Waals surface area contributed by atoms with Crippen LogP contribution in [0.15, 0.2) is 30.3 Å². The van der Waals surface area contributed by atoms with E-state index in [1.54, 1.807) is 0 Å². The second-order valence-electron chi connectivity index (χ2n) is 4.24. The van der Waals surface area contributed by atoms with Gasteiger partial charge < -0.3 is 15.2 Å². The van der Waals surface area contributed by atoms with Crippen LogP contribution in [0.4, 0.5) is 0 Å². The number of nitrogens with two attached hydrogens (primary N) is 1. The van der Waals surface area contributed by atoms with E-state index in [1.165, 1.54) is 0 Å². The Hall–Kier alpha value is -0.520. The molecule has 2 N–H and O–H groups in total. The number of ether oxygens (including phenoxy) is 2. The summed E-state index contributed by atoms with van der Waals surface area (Å²) in [5, 5.41) is 0. The SMILES string of the molecule is N[C@@H](COCc1ccccc1)CC(=O)OCC(Cl)(Cl)Cl. The highest BCUT2D eigenvalue weighted by molar-refractivity contribution is 6.67. The standard InChI is InChI=1S/C13H16Cl3NO3/c14-13(15,16)9-20-12(18)6-11(17)8-19-7-10-4-2-1-3-5-10/h1-5,11H,6-9,17H2/t11-/m1/s1. The first-order chi connectivity index (χ1) is 9.37. The lowest BCUT2D eigenvalue weighted by atomic mass is 10.2. The highest BCUT2D eigenvalue weighted by Crippen LogP contribution is 2.26. The molecular formula is C13H16Cl3NO3. The number of esters is 1. The summed E-state index contributed by atoms with van der Waals surface area (Å²) >= 11 is 16.4. The molecule has 0 aliphatic rings. The van der Waals surface area contributed by atoms with Gasteiger partial charge in [0.05, 0.1) is 19.6 Å². The Morgan fingerprint density at radius 2 is 1.90 bits per heavy atom. The van der Waals surface area contributed by atoms with Crippen LogP contribution in [0.25, 0.3) is 0 Å². The maximum absolute atomic E-state index is 11.4. The molecule has 1 aromatic rings. The lowest BCUT2D eigenvalue weighted by Gasteiger charge is -2.14. The highest BCUT2D eigenvalue weighted by Gasteiger charge is 2.22. The van der Waals surface area contributed by atoms with Crippen LogP contribution in [0.1, 0.15) is 12.0 Å². The maximum atomic E-state index is 11.4. The highest BCUT2D eigenvalue weighted by atomic mass is 35.6. The zero-order valence-corrected chi connectivity index (χ0v) is 13.0. The van der Waals surface area contributed by atoms with Crippen molar-refractivity contribution in [3.8, 4) is 0 Å². The topological polar surface area (TPSA) is 61.5 Å². The average molecular weight is 341 g/mol. The third kappa shape index (κ3) is 8.61. The molecule has 0 aromatic heterocycles. The molecule has 4 nitrogen and oxygen atoms in total. The molecule has 0 amide bonds. The first kappa shape index (κ1) is 17.5. The second kappa shape index (κ2) is 8.70. The van der Waals surface area contributed by atoms with E-state index in [1.807, 2.05) is 30.3 Å². The van der Waals surface area contributed by atoms with Gasteiger partial charge in [0.25, 0.3) is 0 Å². The molecular weight excluding hydrogens is 325 g/mol. The number of benzene rings is 1. The summed E-state index contributed by atoms with van der Waals surface area (Å²) in [7, 11) is 0. The Balaban J connectivity index is 2.17. The van der Waals surface area contributed by atoms with Crippen molar-refractivity contribution in [1.29, 1.82) is 0 Å². The fourth-order valence-corrected chi connectivity index (χ4v) is 1.56. The largest absolute Gasteiger partial charge is 0.461 e. The number of alkyl halides is 3. The van der Waals surface area contributed by atoms with Gasteiger partial charge in [0.1, 0.15) is 6.61 Å². The van der Waals surface area contributed by atoms with Gasteiger partial charge in [0, 0.05) is 6.04 Å². The molecule has 0 saturated carbocycles. The van der Waals surface area contributed by atoms with Gasteiger partial charge in [-0.3, -0.25) is 4.79 Å². The predicted molar refractivity (Wildman–Crippen MR) is 79.9 cm³/mol. The van der Waals surface area contributed by atoms with Crippen LogP contribution >= 0.6 is 34.8 Å². The van der Waals surface area contributed by atoms with Crippen molar-refractivity contribution in [2.75, 3.05) is 13.2 Å². The number of halogens is 3. The second-order valence-corrected chi connectivity index (χ2v) is 6.76. The van der Waals surface area contributed by atoms with Crippen LogP contribution in [0.2, 0.25) is 0 Å². The molecule has 112 valence electrons. The first-order valence-corrected chi connectivity index (χ1v) is 7.10. The summed E-state index contributed by atoms with van der Waals surface area (Å²) in [6.07, 6.45) is 0.00946. The van der Waals surface area contributed by atoms with Gasteiger partial charge in [-0.25, -0.2) is 0 Å². The van der Waals surface area contributed by atoms with E-state index in [0.717, 1.165) is 5.56 Å². The zero-order valence-electron chi connectivity index (χ0n) is 10.7. The van der Waals surface area contributed by atoms with Crippen molar-refractivity contribution in [2.45, 2.75) is 22.9 Å². The minimum Gasteiger partial charge on any atom is -0.461 e. The summed E-state index contributed by atoms with van der Waals surface area (Å²) in [6.45, 7) is 0.392. The van der Waals surface area contributed by atoms with E-state index in [2.05, 4.69) is 0 Å². The summed E-state index contributed by atoms with van der Waals surface area (Å²) in [5.74, 6) is -0.521. The number of carbonyl (C=O) groups excluding carboxylic acids is 1. The van der Waals surface area contributed by atoms with Crippen LogP contribution in [-0.2, 0) is 20.9 Å². The van der Waals surface area contributed by atoms with Crippen LogP contribution in [0, 0.1) is 0 Å². The van der Waals surface area contributed by atoms with Crippen molar-refractivity contribution in [3.63, 3.8) is 0 Å². The lowest BCUT2D eigenvalue weighted by molar-refractivity contribution is -0.144. The molecule has 0 aliphatic carbocycles. The van der Waals surface area contributed by atoms with Gasteiger partial charge in [-0.1, -0.05) is 65.1 Å². The molecule has 0 saturated heterocycles. The van der Waals surface area contributed by atoms with Gasteiger partial charge in [0.2, 0.25) is 3.79 Å². The van der Waals surface area contributed by atoms with Crippen LogP contribution in [0.3, 0.4) is 0 Å². The van der Waals surface area contributed by atoms with E-state index in [4.69, 9.17) is 50.0 Å². The molecule has 0 unspecified atom stereocenters. The van der Waals surface area contributed by atoms with E-state index in [-0.39, 0.29) is 19.6 Å². The maximum Gasteiger partial charge on any atom is 0.307 e. The van der Waals surface area contributed by atoms with Gasteiger partial charge in [-0.2, -0.15) is 0 Å². The number of carbonyl (C=O) groups is 1. The molecule has 0 spiro atoms. The van der Waals surface area contributed by atoms with Gasteiger partial charge >= 0.3 is 5.97 Å². The Labute approximate surface area is 133 Å². The summed E-state index contributed by atoms with van der Waals surface area (Å²) in [5.41, 5.74) is 6.79. The zero-order chi connectivity index (χ0) is 15.0.